The summed E-state index contributed by atoms with van der Waals surface area (Å²) in [5, 5.41) is 9.82. The van der Waals surface area contributed by atoms with E-state index < -0.39 is 0 Å². The number of hydrogen-bond acceptors (Lipinski definition) is 4. The van der Waals surface area contributed by atoms with Crippen molar-refractivity contribution in [3.63, 3.8) is 0 Å². The van der Waals surface area contributed by atoms with Crippen molar-refractivity contribution in [3.05, 3.63) is 27.9 Å². The van der Waals surface area contributed by atoms with Crippen LogP contribution in [-0.2, 0) is 0 Å². The third kappa shape index (κ3) is 2.27. The Morgan fingerprint density at radius 3 is 2.52 bits per heavy atom. The molecule has 0 aromatic carbocycles. The number of nitrogens with one attached hydrogen (secondary N) is 1. The van der Waals surface area contributed by atoms with Crippen molar-refractivity contribution in [2.75, 3.05) is 0 Å². The van der Waals surface area contributed by atoms with Gasteiger partial charge in [0.05, 0.1) is 6.10 Å². The molecule has 1 aromatic rings. The fourth-order valence-corrected chi connectivity index (χ4v) is 3.75. The molecule has 3 fully saturated rings. The van der Waals surface area contributed by atoms with Crippen LogP contribution in [0.15, 0.2) is 10.9 Å². The lowest BCUT2D eigenvalue weighted by Gasteiger charge is -2.37. The van der Waals surface area contributed by atoms with Crippen molar-refractivity contribution in [3.8, 4) is 0 Å². The molecule has 1 unspecified atom stereocenters. The SMILES string of the molecule is O=C(c1cc(=O)[nH]c(C2CC2)n1)N1[C@@H]2CC[C@H]1CC(O)C2. The molecule has 21 heavy (non-hydrogen) atoms. The summed E-state index contributed by atoms with van der Waals surface area (Å²) in [5.74, 6) is 0.808. The first-order valence-electron chi connectivity index (χ1n) is 7.74. The van der Waals surface area contributed by atoms with E-state index in [0.29, 0.717) is 24.6 Å². The number of carbonyl (C=O) groups excluding carboxylic acids is 1. The van der Waals surface area contributed by atoms with E-state index in [9.17, 15) is 14.7 Å². The number of aliphatic hydroxyl groups is 1. The van der Waals surface area contributed by atoms with E-state index in [0.717, 1.165) is 25.7 Å². The quantitative estimate of drug-likeness (QED) is 0.842. The summed E-state index contributed by atoms with van der Waals surface area (Å²) in [6.45, 7) is 0. The van der Waals surface area contributed by atoms with E-state index in [-0.39, 0.29) is 35.3 Å². The summed E-state index contributed by atoms with van der Waals surface area (Å²) in [4.78, 5) is 33.5. The zero-order valence-corrected chi connectivity index (χ0v) is 11.8. The molecule has 2 saturated heterocycles. The Morgan fingerprint density at radius 2 is 1.90 bits per heavy atom. The zero-order valence-electron chi connectivity index (χ0n) is 11.8. The molecule has 1 amide bonds. The summed E-state index contributed by atoms with van der Waals surface area (Å²) in [6.07, 6.45) is 4.91. The molecule has 2 bridgehead atoms. The molecule has 6 heteroatoms. The van der Waals surface area contributed by atoms with Crippen LogP contribution in [-0.4, -0.2) is 44.1 Å². The molecule has 1 aliphatic carbocycles. The highest BCUT2D eigenvalue weighted by Gasteiger charge is 2.43. The minimum Gasteiger partial charge on any atom is -0.393 e. The van der Waals surface area contributed by atoms with Gasteiger partial charge in [0.25, 0.3) is 11.5 Å². The van der Waals surface area contributed by atoms with Gasteiger partial charge in [0.1, 0.15) is 11.5 Å². The number of amides is 1. The lowest BCUT2D eigenvalue weighted by Crippen LogP contribution is -2.48. The summed E-state index contributed by atoms with van der Waals surface area (Å²) < 4.78 is 0. The first-order valence-corrected chi connectivity index (χ1v) is 7.74. The maximum Gasteiger partial charge on any atom is 0.273 e. The van der Waals surface area contributed by atoms with E-state index in [1.807, 2.05) is 4.90 Å². The van der Waals surface area contributed by atoms with Crippen LogP contribution in [0.2, 0.25) is 0 Å². The van der Waals surface area contributed by atoms with Crippen molar-refractivity contribution in [1.29, 1.82) is 0 Å². The topological polar surface area (TPSA) is 86.3 Å². The molecular formula is C15H19N3O3. The van der Waals surface area contributed by atoms with Gasteiger partial charge < -0.3 is 15.0 Å². The Balaban J connectivity index is 1.64. The molecule has 1 aromatic heterocycles. The average Bonchev–Trinajstić information content (AvgIpc) is 3.24. The number of aromatic nitrogens is 2. The van der Waals surface area contributed by atoms with Gasteiger partial charge in [-0.2, -0.15) is 0 Å². The molecular weight excluding hydrogens is 270 g/mol. The molecule has 3 atom stereocenters. The molecule has 6 nitrogen and oxygen atoms in total. The lowest BCUT2D eigenvalue weighted by molar-refractivity contribution is 0.0282. The van der Waals surface area contributed by atoms with E-state index in [1.54, 1.807) is 0 Å². The van der Waals surface area contributed by atoms with Crippen LogP contribution >= 0.6 is 0 Å². The van der Waals surface area contributed by atoms with E-state index in [1.165, 1.54) is 6.07 Å². The molecule has 0 spiro atoms. The maximum absolute atomic E-state index is 12.7. The Kier molecular flexibility index (Phi) is 2.89. The van der Waals surface area contributed by atoms with Crippen molar-refractivity contribution in [2.24, 2.45) is 0 Å². The number of carbonyl (C=O) groups is 1. The highest BCUT2D eigenvalue weighted by atomic mass is 16.3. The average molecular weight is 289 g/mol. The number of nitrogens with zero attached hydrogens (tertiary/aromatic N) is 2. The maximum atomic E-state index is 12.7. The van der Waals surface area contributed by atoms with Crippen LogP contribution in [0, 0.1) is 0 Å². The van der Waals surface area contributed by atoms with Crippen molar-refractivity contribution in [2.45, 2.75) is 62.6 Å². The number of fused-ring (bicyclic) bond motifs is 2. The number of aliphatic hydroxyl groups excluding tert-OH is 1. The largest absolute Gasteiger partial charge is 0.393 e. The second-order valence-electron chi connectivity index (χ2n) is 6.51. The van der Waals surface area contributed by atoms with Crippen LogP contribution < -0.4 is 5.56 Å². The molecule has 112 valence electrons. The first kappa shape index (κ1) is 13.0. The predicted molar refractivity (Wildman–Crippen MR) is 75.1 cm³/mol. The van der Waals surface area contributed by atoms with Crippen LogP contribution in [0.1, 0.15) is 60.8 Å². The Bertz CT molecular complexity index is 623. The van der Waals surface area contributed by atoms with Crippen LogP contribution in [0.3, 0.4) is 0 Å². The molecule has 3 aliphatic rings. The Labute approximate surface area is 122 Å². The Hall–Kier alpha value is -1.69. The second kappa shape index (κ2) is 4.66. The van der Waals surface area contributed by atoms with Gasteiger partial charge in [0, 0.05) is 24.1 Å². The van der Waals surface area contributed by atoms with Gasteiger partial charge in [-0.3, -0.25) is 9.59 Å². The minimum atomic E-state index is -0.305. The monoisotopic (exact) mass is 289 g/mol. The van der Waals surface area contributed by atoms with Gasteiger partial charge in [-0.1, -0.05) is 0 Å². The molecule has 0 radical (unpaired) electrons. The second-order valence-corrected chi connectivity index (χ2v) is 6.51. The third-order valence-corrected chi connectivity index (χ3v) is 4.89. The highest BCUT2D eigenvalue weighted by Crippen LogP contribution is 2.38. The van der Waals surface area contributed by atoms with Gasteiger partial charge >= 0.3 is 0 Å². The van der Waals surface area contributed by atoms with Gasteiger partial charge in [0.2, 0.25) is 0 Å². The first-order chi connectivity index (χ1) is 10.1. The number of rotatable bonds is 2. The summed E-state index contributed by atoms with van der Waals surface area (Å²) in [7, 11) is 0. The molecule has 2 N–H and O–H groups in total. The van der Waals surface area contributed by atoms with Gasteiger partial charge in [-0.15, -0.1) is 0 Å². The van der Waals surface area contributed by atoms with Crippen molar-refractivity contribution in [1.82, 2.24) is 14.9 Å². The van der Waals surface area contributed by atoms with E-state index in [2.05, 4.69) is 9.97 Å². The Morgan fingerprint density at radius 1 is 1.24 bits per heavy atom. The number of aromatic amines is 1. The number of piperidine rings is 1. The van der Waals surface area contributed by atoms with Crippen molar-refractivity contribution >= 4 is 5.91 Å². The molecule has 4 rings (SSSR count). The van der Waals surface area contributed by atoms with Gasteiger partial charge in [-0.25, -0.2) is 4.98 Å². The standard InChI is InChI=1S/C15H19N3O3/c19-11-5-9-3-4-10(6-11)18(9)15(21)12-7-13(20)17-14(16-12)8-1-2-8/h7-11,19H,1-6H2,(H,16,17,20)/t9-,10+,11?. The van der Waals surface area contributed by atoms with Gasteiger partial charge in [0.15, 0.2) is 0 Å². The highest BCUT2D eigenvalue weighted by molar-refractivity contribution is 5.93. The van der Waals surface area contributed by atoms with Crippen LogP contribution in [0.4, 0.5) is 0 Å². The lowest BCUT2D eigenvalue weighted by atomic mass is 9.99. The fourth-order valence-electron chi connectivity index (χ4n) is 3.75. The smallest absolute Gasteiger partial charge is 0.273 e. The van der Waals surface area contributed by atoms with E-state index in [4.69, 9.17) is 0 Å². The molecule has 1 saturated carbocycles. The molecule has 3 heterocycles. The van der Waals surface area contributed by atoms with Crippen LogP contribution in [0.5, 0.6) is 0 Å². The normalized spacial score (nSPS) is 31.5. The predicted octanol–water partition coefficient (Wildman–Crippen LogP) is 0.775. The van der Waals surface area contributed by atoms with Gasteiger partial charge in [-0.05, 0) is 38.5 Å². The fraction of sp³-hybridized carbons (Fsp3) is 0.667. The third-order valence-electron chi connectivity index (χ3n) is 4.89. The summed E-state index contributed by atoms with van der Waals surface area (Å²) in [5.41, 5.74) is 0.00795. The minimum absolute atomic E-state index is 0.0942. The van der Waals surface area contributed by atoms with Crippen molar-refractivity contribution < 1.29 is 9.90 Å². The molecule has 2 aliphatic heterocycles. The zero-order chi connectivity index (χ0) is 14.6. The number of H-pyrrole nitrogens is 1. The summed E-state index contributed by atoms with van der Waals surface area (Å²) in [6, 6.07) is 1.49. The summed E-state index contributed by atoms with van der Waals surface area (Å²) >= 11 is 0. The van der Waals surface area contributed by atoms with E-state index >= 15 is 0 Å². The number of hydrogen-bond donors (Lipinski definition) is 2. The van der Waals surface area contributed by atoms with Crippen LogP contribution in [0.25, 0.3) is 0 Å².